The molecule has 3 aromatic carbocycles. The van der Waals surface area contributed by atoms with Crippen LogP contribution in [0.2, 0.25) is 5.02 Å². The van der Waals surface area contributed by atoms with E-state index in [0.29, 0.717) is 5.02 Å². The van der Waals surface area contributed by atoms with Crippen LogP contribution in [0.5, 0.6) is 5.75 Å². The van der Waals surface area contributed by atoms with Gasteiger partial charge in [0.15, 0.2) is 0 Å². The summed E-state index contributed by atoms with van der Waals surface area (Å²) in [6.07, 6.45) is 5.18. The topological polar surface area (TPSA) is 96.0 Å². The Kier molecular flexibility index (Phi) is 10.5. The van der Waals surface area contributed by atoms with E-state index in [1.807, 2.05) is 61.5 Å². The van der Waals surface area contributed by atoms with Gasteiger partial charge < -0.3 is 15.0 Å². The average molecular weight is 612 g/mol. The number of carbonyl (C=O) groups excluding carboxylic acids is 2. The Bertz CT molecular complexity index is 1480. The first-order valence-electron chi connectivity index (χ1n) is 14.1. The van der Waals surface area contributed by atoms with Crippen LogP contribution in [0.25, 0.3) is 0 Å². The van der Waals surface area contributed by atoms with Crippen LogP contribution in [-0.2, 0) is 32.6 Å². The molecule has 1 aliphatic carbocycles. The van der Waals surface area contributed by atoms with Gasteiger partial charge in [-0.15, -0.1) is 0 Å². The van der Waals surface area contributed by atoms with Crippen molar-refractivity contribution in [3.63, 3.8) is 0 Å². The lowest BCUT2D eigenvalue weighted by Gasteiger charge is -2.34. The van der Waals surface area contributed by atoms with Gasteiger partial charge in [-0.1, -0.05) is 84.6 Å². The zero-order valence-corrected chi connectivity index (χ0v) is 25.8. The smallest absolute Gasteiger partial charge is 0.244 e. The molecule has 1 saturated carbocycles. The van der Waals surface area contributed by atoms with Gasteiger partial charge in [0.25, 0.3) is 0 Å². The Hall–Kier alpha value is -3.56. The van der Waals surface area contributed by atoms with Crippen molar-refractivity contribution < 1.29 is 22.7 Å². The Balaban J connectivity index is 1.75. The zero-order valence-electron chi connectivity index (χ0n) is 24.3. The van der Waals surface area contributed by atoms with E-state index in [4.69, 9.17) is 16.3 Å². The number of nitrogens with zero attached hydrogens (tertiary/aromatic N) is 2. The van der Waals surface area contributed by atoms with Crippen LogP contribution in [0.3, 0.4) is 0 Å². The maximum atomic E-state index is 14.3. The molecule has 0 aromatic heterocycles. The number of hydrogen-bond acceptors (Lipinski definition) is 5. The summed E-state index contributed by atoms with van der Waals surface area (Å²) in [6.45, 7) is 1.56. The second-order valence-electron chi connectivity index (χ2n) is 10.8. The van der Waals surface area contributed by atoms with Gasteiger partial charge in [-0.05, 0) is 49.1 Å². The minimum absolute atomic E-state index is 0.0512. The van der Waals surface area contributed by atoms with Crippen LogP contribution in [0.15, 0.2) is 72.8 Å². The summed E-state index contributed by atoms with van der Waals surface area (Å²) in [7, 11) is -2.53. The number of benzene rings is 3. The molecule has 0 radical (unpaired) electrons. The third-order valence-corrected chi connectivity index (χ3v) is 8.90. The number of hydrogen-bond donors (Lipinski definition) is 1. The lowest BCUT2D eigenvalue weighted by atomic mass is 10.0. The molecule has 10 heteroatoms. The number of sulfonamides is 1. The molecular formula is C32H38ClN3O5S. The molecule has 2 amide bonds. The number of ether oxygens (including phenoxy) is 1. The summed E-state index contributed by atoms with van der Waals surface area (Å²) in [4.78, 5) is 29.7. The van der Waals surface area contributed by atoms with Gasteiger partial charge >= 0.3 is 0 Å². The molecule has 0 heterocycles. The van der Waals surface area contributed by atoms with Crippen molar-refractivity contribution in [1.82, 2.24) is 10.2 Å². The van der Waals surface area contributed by atoms with Crippen LogP contribution in [0.1, 0.15) is 42.4 Å². The Morgan fingerprint density at radius 3 is 2.29 bits per heavy atom. The second-order valence-corrected chi connectivity index (χ2v) is 13.1. The van der Waals surface area contributed by atoms with E-state index in [1.165, 1.54) is 18.1 Å². The summed E-state index contributed by atoms with van der Waals surface area (Å²) in [5, 5.41) is 3.46. The molecule has 3 aromatic rings. The summed E-state index contributed by atoms with van der Waals surface area (Å²) in [5.74, 6) is -0.523. The largest absolute Gasteiger partial charge is 0.495 e. The lowest BCUT2D eigenvalue weighted by Crippen LogP contribution is -2.54. The molecule has 1 fully saturated rings. The van der Waals surface area contributed by atoms with Crippen molar-refractivity contribution in [2.24, 2.45) is 0 Å². The monoisotopic (exact) mass is 611 g/mol. The summed E-state index contributed by atoms with van der Waals surface area (Å²) < 4.78 is 32.5. The van der Waals surface area contributed by atoms with E-state index in [1.54, 1.807) is 12.1 Å². The van der Waals surface area contributed by atoms with E-state index in [0.717, 1.165) is 52.9 Å². The van der Waals surface area contributed by atoms with Gasteiger partial charge in [0.2, 0.25) is 21.8 Å². The molecule has 1 atom stereocenters. The fourth-order valence-corrected chi connectivity index (χ4v) is 6.28. The quantitative estimate of drug-likeness (QED) is 0.307. The molecule has 0 bridgehead atoms. The molecular weight excluding hydrogens is 574 g/mol. The van der Waals surface area contributed by atoms with Crippen LogP contribution in [0, 0.1) is 6.92 Å². The van der Waals surface area contributed by atoms with E-state index in [2.05, 4.69) is 5.32 Å². The normalized spacial score (nSPS) is 14.3. The van der Waals surface area contributed by atoms with Crippen molar-refractivity contribution in [3.05, 3.63) is 94.5 Å². The Morgan fingerprint density at radius 2 is 1.67 bits per heavy atom. The van der Waals surface area contributed by atoms with Crippen molar-refractivity contribution in [3.8, 4) is 5.75 Å². The number of nitrogens with one attached hydrogen (secondary N) is 1. The second kappa shape index (κ2) is 14.1. The predicted octanol–water partition coefficient (Wildman–Crippen LogP) is 5.12. The van der Waals surface area contributed by atoms with E-state index >= 15 is 0 Å². The zero-order chi connectivity index (χ0) is 30.3. The number of rotatable bonds is 12. The number of aryl methyl sites for hydroxylation is 1. The van der Waals surface area contributed by atoms with Crippen molar-refractivity contribution in [1.29, 1.82) is 0 Å². The highest BCUT2D eigenvalue weighted by atomic mass is 35.5. The van der Waals surface area contributed by atoms with Crippen molar-refractivity contribution in [2.45, 2.75) is 57.7 Å². The van der Waals surface area contributed by atoms with Gasteiger partial charge in [0.05, 0.1) is 19.1 Å². The summed E-state index contributed by atoms with van der Waals surface area (Å²) in [6, 6.07) is 21.0. The third-order valence-electron chi connectivity index (χ3n) is 7.53. The van der Waals surface area contributed by atoms with Gasteiger partial charge in [-0.2, -0.15) is 0 Å². The average Bonchev–Trinajstić information content (AvgIpc) is 3.47. The molecule has 224 valence electrons. The van der Waals surface area contributed by atoms with Gasteiger partial charge in [-0.25, -0.2) is 8.42 Å². The summed E-state index contributed by atoms with van der Waals surface area (Å²) >= 11 is 6.23. The predicted molar refractivity (Wildman–Crippen MR) is 166 cm³/mol. The first-order valence-corrected chi connectivity index (χ1v) is 16.3. The Morgan fingerprint density at radius 1 is 1.00 bits per heavy atom. The minimum Gasteiger partial charge on any atom is -0.495 e. The number of methoxy groups -OCH3 is 1. The third kappa shape index (κ3) is 8.26. The molecule has 0 aliphatic heterocycles. The van der Waals surface area contributed by atoms with E-state index in [9.17, 15) is 18.0 Å². The number of amides is 2. The lowest BCUT2D eigenvalue weighted by molar-refractivity contribution is -0.140. The maximum absolute atomic E-state index is 14.3. The first kappa shape index (κ1) is 31.4. The minimum atomic E-state index is -3.95. The molecule has 8 nitrogen and oxygen atoms in total. The van der Waals surface area contributed by atoms with E-state index < -0.39 is 28.5 Å². The molecule has 1 aliphatic rings. The number of anilines is 1. The van der Waals surface area contributed by atoms with Crippen molar-refractivity contribution in [2.75, 3.05) is 24.2 Å². The Labute approximate surface area is 253 Å². The molecule has 1 unspecified atom stereocenters. The number of carbonyl (C=O) groups is 2. The van der Waals surface area contributed by atoms with E-state index in [-0.39, 0.29) is 36.4 Å². The molecule has 0 spiro atoms. The highest BCUT2D eigenvalue weighted by molar-refractivity contribution is 7.92. The van der Waals surface area contributed by atoms with Gasteiger partial charge in [0.1, 0.15) is 18.3 Å². The molecule has 4 rings (SSSR count). The number of halogens is 1. The highest BCUT2D eigenvalue weighted by Crippen LogP contribution is 2.33. The summed E-state index contributed by atoms with van der Waals surface area (Å²) in [5.41, 5.74) is 2.92. The molecule has 1 N–H and O–H groups in total. The molecule has 0 saturated heterocycles. The standard InChI is InChI=1S/C32H38ClN3O5S/c1-23-13-15-25(16-14-23)21-35(29(19-24-9-5-4-6-10-24)32(38)34-27-11-7-8-12-27)31(37)22-36(42(3,39)40)28-20-26(33)17-18-30(28)41-2/h4-6,9-10,13-18,20,27,29H,7-8,11-12,19,21-22H2,1-3H3,(H,34,38). The molecule has 42 heavy (non-hydrogen) atoms. The van der Waals surface area contributed by atoms with Gasteiger partial charge in [0, 0.05) is 24.0 Å². The highest BCUT2D eigenvalue weighted by Gasteiger charge is 2.35. The van der Waals surface area contributed by atoms with Crippen LogP contribution < -0.4 is 14.4 Å². The van der Waals surface area contributed by atoms with Crippen LogP contribution in [0.4, 0.5) is 5.69 Å². The van der Waals surface area contributed by atoms with Crippen LogP contribution >= 0.6 is 11.6 Å². The SMILES string of the molecule is COc1ccc(Cl)cc1N(CC(=O)N(Cc1ccc(C)cc1)C(Cc1ccccc1)C(=O)NC1CCCC1)S(C)(=O)=O. The first-order chi connectivity index (χ1) is 20.0. The van der Waals surface area contributed by atoms with Gasteiger partial charge in [-0.3, -0.25) is 13.9 Å². The fraction of sp³-hybridized carbons (Fsp3) is 0.375. The van der Waals surface area contributed by atoms with Crippen LogP contribution in [-0.4, -0.2) is 57.1 Å². The fourth-order valence-electron chi connectivity index (χ4n) is 5.26. The van der Waals surface area contributed by atoms with Crippen molar-refractivity contribution >= 4 is 39.1 Å². The maximum Gasteiger partial charge on any atom is 0.244 e.